The lowest BCUT2D eigenvalue weighted by molar-refractivity contribution is -0.133. The molecule has 1 saturated carbocycles. The minimum Gasteiger partial charge on any atom is -0.396 e. The number of benzene rings is 1. The lowest BCUT2D eigenvalue weighted by atomic mass is 9.81. The van der Waals surface area contributed by atoms with Gasteiger partial charge in [-0.3, -0.25) is 4.79 Å². The van der Waals surface area contributed by atoms with E-state index in [0.717, 1.165) is 12.0 Å². The van der Waals surface area contributed by atoms with Crippen LogP contribution in [0.3, 0.4) is 0 Å². The number of aliphatic hydroxyl groups excluding tert-OH is 2. The zero-order chi connectivity index (χ0) is 16.7. The van der Waals surface area contributed by atoms with E-state index >= 15 is 0 Å². The molecular formula is C18H27NO4. The Labute approximate surface area is 137 Å². The first-order valence-electron chi connectivity index (χ1n) is 8.39. The molecule has 0 heterocycles. The Morgan fingerprint density at radius 2 is 2.04 bits per heavy atom. The van der Waals surface area contributed by atoms with Crippen molar-refractivity contribution in [1.82, 2.24) is 5.32 Å². The second-order valence-electron chi connectivity index (χ2n) is 6.20. The summed E-state index contributed by atoms with van der Waals surface area (Å²) in [6, 6.07) is 9.53. The van der Waals surface area contributed by atoms with Crippen LogP contribution in [0.5, 0.6) is 0 Å². The van der Waals surface area contributed by atoms with Gasteiger partial charge < -0.3 is 20.3 Å². The Bertz CT molecular complexity index is 479. The van der Waals surface area contributed by atoms with Crippen LogP contribution in [-0.2, 0) is 16.1 Å². The number of nitrogens with one attached hydrogen (secondary N) is 1. The molecule has 1 fully saturated rings. The summed E-state index contributed by atoms with van der Waals surface area (Å²) >= 11 is 0. The highest BCUT2D eigenvalue weighted by Gasteiger charge is 2.39. The molecule has 0 spiro atoms. The number of hydrogen-bond donors (Lipinski definition) is 3. The average molecular weight is 321 g/mol. The lowest BCUT2D eigenvalue weighted by Crippen LogP contribution is -2.55. The highest BCUT2D eigenvalue weighted by molar-refractivity contribution is 5.76. The number of amides is 1. The molecule has 0 radical (unpaired) electrons. The van der Waals surface area contributed by atoms with Gasteiger partial charge in [-0.05, 0) is 24.8 Å². The highest BCUT2D eigenvalue weighted by Crippen LogP contribution is 2.28. The van der Waals surface area contributed by atoms with Gasteiger partial charge in [0.1, 0.15) is 6.10 Å². The van der Waals surface area contributed by atoms with E-state index < -0.39 is 12.2 Å². The second-order valence-corrected chi connectivity index (χ2v) is 6.20. The third-order valence-corrected chi connectivity index (χ3v) is 4.41. The maximum atomic E-state index is 11.9. The molecule has 1 aromatic rings. The summed E-state index contributed by atoms with van der Waals surface area (Å²) in [5.41, 5.74) is 1.02. The van der Waals surface area contributed by atoms with Crippen molar-refractivity contribution < 1.29 is 19.7 Å². The summed E-state index contributed by atoms with van der Waals surface area (Å²) in [4.78, 5) is 11.9. The van der Waals surface area contributed by atoms with Crippen LogP contribution in [0.2, 0.25) is 0 Å². The zero-order valence-corrected chi connectivity index (χ0v) is 13.6. The molecule has 5 heteroatoms. The van der Waals surface area contributed by atoms with Gasteiger partial charge in [0.05, 0.1) is 18.8 Å². The van der Waals surface area contributed by atoms with Gasteiger partial charge in [-0.25, -0.2) is 0 Å². The molecule has 0 aromatic heterocycles. The first kappa shape index (κ1) is 17.9. The van der Waals surface area contributed by atoms with Gasteiger partial charge in [0.15, 0.2) is 0 Å². The minimum atomic E-state index is -0.774. The number of carbonyl (C=O) groups is 1. The Morgan fingerprint density at radius 1 is 1.30 bits per heavy atom. The van der Waals surface area contributed by atoms with E-state index in [1.54, 1.807) is 0 Å². The van der Waals surface area contributed by atoms with Crippen LogP contribution in [0.25, 0.3) is 0 Å². The van der Waals surface area contributed by atoms with Gasteiger partial charge >= 0.3 is 0 Å². The van der Waals surface area contributed by atoms with E-state index in [0.29, 0.717) is 25.9 Å². The second kappa shape index (κ2) is 9.01. The van der Waals surface area contributed by atoms with Crippen molar-refractivity contribution >= 4 is 5.91 Å². The fourth-order valence-electron chi connectivity index (χ4n) is 3.08. The standard InChI is InChI=1S/C18H27NO4/c1-2-6-16(21)19-15-10-9-14(11-20)17(22)18(15)23-12-13-7-4-3-5-8-13/h3-5,7-8,14-15,17-18,20,22H,2,6,9-12H2,1H3,(H,19,21)/t14-,15+,17-,18-/m1/s1. The van der Waals surface area contributed by atoms with Crippen LogP contribution in [-0.4, -0.2) is 41.0 Å². The third kappa shape index (κ3) is 5.03. The molecule has 0 bridgehead atoms. The predicted molar refractivity (Wildman–Crippen MR) is 87.7 cm³/mol. The summed E-state index contributed by atoms with van der Waals surface area (Å²) in [5, 5.41) is 22.9. The minimum absolute atomic E-state index is 0.0135. The molecule has 23 heavy (non-hydrogen) atoms. The molecule has 0 saturated heterocycles. The van der Waals surface area contributed by atoms with E-state index in [1.165, 1.54) is 0 Å². The first-order valence-corrected chi connectivity index (χ1v) is 8.39. The van der Waals surface area contributed by atoms with E-state index in [9.17, 15) is 15.0 Å². The van der Waals surface area contributed by atoms with Gasteiger partial charge in [-0.15, -0.1) is 0 Å². The monoisotopic (exact) mass is 321 g/mol. The van der Waals surface area contributed by atoms with Crippen molar-refractivity contribution in [2.24, 2.45) is 5.92 Å². The van der Waals surface area contributed by atoms with Gasteiger partial charge in [0.25, 0.3) is 0 Å². The molecule has 0 unspecified atom stereocenters. The van der Waals surface area contributed by atoms with Crippen LogP contribution in [0.1, 0.15) is 38.2 Å². The topological polar surface area (TPSA) is 78.8 Å². The van der Waals surface area contributed by atoms with Crippen molar-refractivity contribution in [3.8, 4) is 0 Å². The normalized spacial score (nSPS) is 27.6. The van der Waals surface area contributed by atoms with Crippen LogP contribution >= 0.6 is 0 Å². The molecule has 2 rings (SSSR count). The van der Waals surface area contributed by atoms with Crippen molar-refractivity contribution in [2.45, 2.75) is 57.5 Å². The van der Waals surface area contributed by atoms with Crippen LogP contribution in [0.4, 0.5) is 0 Å². The number of rotatable bonds is 7. The fraction of sp³-hybridized carbons (Fsp3) is 0.611. The zero-order valence-electron chi connectivity index (χ0n) is 13.6. The third-order valence-electron chi connectivity index (χ3n) is 4.41. The van der Waals surface area contributed by atoms with Gasteiger partial charge in [0, 0.05) is 18.9 Å². The Hall–Kier alpha value is -1.43. The van der Waals surface area contributed by atoms with Crippen LogP contribution < -0.4 is 5.32 Å². The van der Waals surface area contributed by atoms with Crippen molar-refractivity contribution in [3.63, 3.8) is 0 Å². The summed E-state index contributed by atoms with van der Waals surface area (Å²) in [7, 11) is 0. The Morgan fingerprint density at radius 3 is 2.70 bits per heavy atom. The molecule has 128 valence electrons. The first-order chi connectivity index (χ1) is 11.2. The summed E-state index contributed by atoms with van der Waals surface area (Å²) in [6.45, 7) is 2.27. The van der Waals surface area contributed by atoms with E-state index in [-0.39, 0.29) is 24.5 Å². The van der Waals surface area contributed by atoms with Gasteiger partial charge in [0.2, 0.25) is 5.91 Å². The molecule has 1 aromatic carbocycles. The van der Waals surface area contributed by atoms with Gasteiger partial charge in [-0.2, -0.15) is 0 Å². The summed E-state index contributed by atoms with van der Waals surface area (Å²) in [5.74, 6) is -0.212. The van der Waals surface area contributed by atoms with E-state index in [1.807, 2.05) is 37.3 Å². The lowest BCUT2D eigenvalue weighted by Gasteiger charge is -2.40. The number of ether oxygens (including phenoxy) is 1. The van der Waals surface area contributed by atoms with Crippen molar-refractivity contribution in [2.75, 3.05) is 6.61 Å². The average Bonchev–Trinajstić information content (AvgIpc) is 2.56. The summed E-state index contributed by atoms with van der Waals surface area (Å²) < 4.78 is 5.93. The smallest absolute Gasteiger partial charge is 0.220 e. The molecule has 5 nitrogen and oxygen atoms in total. The summed E-state index contributed by atoms with van der Waals surface area (Å²) in [6.07, 6.45) is 1.38. The van der Waals surface area contributed by atoms with Crippen LogP contribution in [0, 0.1) is 5.92 Å². The Kier molecular flexibility index (Phi) is 7.02. The van der Waals surface area contributed by atoms with Crippen molar-refractivity contribution in [3.05, 3.63) is 35.9 Å². The SMILES string of the molecule is CCCC(=O)N[C@H]1CC[C@H](CO)[C@@H](O)[C@@H]1OCc1ccccc1. The predicted octanol–water partition coefficient (Wildman–Crippen LogP) is 1.62. The largest absolute Gasteiger partial charge is 0.396 e. The number of aliphatic hydroxyl groups is 2. The maximum Gasteiger partial charge on any atom is 0.220 e. The van der Waals surface area contributed by atoms with Crippen molar-refractivity contribution in [1.29, 1.82) is 0 Å². The molecule has 4 atom stereocenters. The molecule has 0 aliphatic heterocycles. The van der Waals surface area contributed by atoms with E-state index in [4.69, 9.17) is 4.74 Å². The Balaban J connectivity index is 2.01. The highest BCUT2D eigenvalue weighted by atomic mass is 16.5. The molecule has 1 amide bonds. The molecular weight excluding hydrogens is 294 g/mol. The van der Waals surface area contributed by atoms with Crippen LogP contribution in [0.15, 0.2) is 30.3 Å². The molecule has 1 aliphatic carbocycles. The molecule has 3 N–H and O–H groups in total. The molecule has 1 aliphatic rings. The maximum absolute atomic E-state index is 11.9. The quantitative estimate of drug-likeness (QED) is 0.713. The number of hydrogen-bond acceptors (Lipinski definition) is 4. The fourth-order valence-corrected chi connectivity index (χ4v) is 3.08. The van der Waals surface area contributed by atoms with E-state index in [2.05, 4.69) is 5.32 Å². The van der Waals surface area contributed by atoms with Gasteiger partial charge in [-0.1, -0.05) is 37.3 Å². The number of carbonyl (C=O) groups excluding carboxylic acids is 1.